The van der Waals surface area contributed by atoms with Gasteiger partial charge in [0.2, 0.25) is 5.91 Å². The van der Waals surface area contributed by atoms with Crippen LogP contribution in [0.2, 0.25) is 0 Å². The van der Waals surface area contributed by atoms with Crippen molar-refractivity contribution in [1.82, 2.24) is 30.0 Å². The zero-order chi connectivity index (χ0) is 20.2. The van der Waals surface area contributed by atoms with Gasteiger partial charge >= 0.3 is 0 Å². The molecule has 0 unspecified atom stereocenters. The summed E-state index contributed by atoms with van der Waals surface area (Å²) in [6, 6.07) is 6.21. The van der Waals surface area contributed by atoms with Crippen molar-refractivity contribution in [3.8, 4) is 10.6 Å². The molecule has 4 rings (SSSR count). The molecule has 0 spiro atoms. The first-order valence-electron chi connectivity index (χ1n) is 9.92. The molecular formula is C21H26N6OS. The highest BCUT2D eigenvalue weighted by Gasteiger charge is 2.22. The second-order valence-electron chi connectivity index (χ2n) is 7.57. The summed E-state index contributed by atoms with van der Waals surface area (Å²) in [5.41, 5.74) is 6.05. The number of likely N-dealkylation sites (tertiary alicyclic amines) is 1. The lowest BCUT2D eigenvalue weighted by Gasteiger charge is -2.32. The Hall–Kier alpha value is -2.58. The summed E-state index contributed by atoms with van der Waals surface area (Å²) in [7, 11) is 2.00. The maximum atomic E-state index is 12.3. The maximum absolute atomic E-state index is 12.3. The molecule has 1 aliphatic rings. The zero-order valence-corrected chi connectivity index (χ0v) is 17.7. The second kappa shape index (κ2) is 8.84. The third-order valence-electron chi connectivity index (χ3n) is 5.38. The Morgan fingerprint density at radius 1 is 1.34 bits per heavy atom. The quantitative estimate of drug-likeness (QED) is 0.676. The topological polar surface area (TPSA) is 75.9 Å². The van der Waals surface area contributed by atoms with Crippen LogP contribution in [0, 0.1) is 6.92 Å². The molecule has 29 heavy (non-hydrogen) atoms. The average molecular weight is 411 g/mol. The van der Waals surface area contributed by atoms with Gasteiger partial charge in [-0.15, -0.1) is 11.3 Å². The summed E-state index contributed by atoms with van der Waals surface area (Å²) in [4.78, 5) is 24.2. The number of hydrogen-bond donors (Lipinski definition) is 1. The molecule has 0 saturated carbocycles. The van der Waals surface area contributed by atoms with Crippen molar-refractivity contribution in [2.24, 2.45) is 7.05 Å². The van der Waals surface area contributed by atoms with E-state index in [4.69, 9.17) is 0 Å². The molecule has 3 aromatic rings. The van der Waals surface area contributed by atoms with Crippen molar-refractivity contribution in [2.45, 2.75) is 38.8 Å². The van der Waals surface area contributed by atoms with E-state index in [1.807, 2.05) is 36.3 Å². The normalized spacial score (nSPS) is 15.5. The van der Waals surface area contributed by atoms with Crippen molar-refractivity contribution in [3.05, 3.63) is 53.1 Å². The van der Waals surface area contributed by atoms with Crippen LogP contribution in [-0.2, 0) is 24.8 Å². The Balaban J connectivity index is 1.28. The Labute approximate surface area is 174 Å². The highest BCUT2D eigenvalue weighted by atomic mass is 32.1. The summed E-state index contributed by atoms with van der Waals surface area (Å²) in [5, 5.41) is 7.85. The van der Waals surface area contributed by atoms with Gasteiger partial charge in [-0.3, -0.25) is 19.4 Å². The lowest BCUT2D eigenvalue weighted by Crippen LogP contribution is -2.44. The van der Waals surface area contributed by atoms with Gasteiger partial charge in [0, 0.05) is 45.1 Å². The van der Waals surface area contributed by atoms with Crippen LogP contribution in [0.25, 0.3) is 10.6 Å². The zero-order valence-electron chi connectivity index (χ0n) is 16.8. The SMILES string of the molecule is Cc1ncsc1-c1cc(CN2CCC(NC(=O)Cc3cccnc3)CC2)n(C)n1. The van der Waals surface area contributed by atoms with Gasteiger partial charge < -0.3 is 5.32 Å². The minimum absolute atomic E-state index is 0.0765. The standard InChI is InChI=1S/C21H26N6OS/c1-15-21(29-14-23-15)19-11-18(26(2)25-19)13-27-8-5-17(6-9-27)24-20(28)10-16-4-3-7-22-12-16/h3-4,7,11-12,14,17H,5-6,8-10,13H2,1-2H3,(H,24,28). The van der Waals surface area contributed by atoms with E-state index < -0.39 is 0 Å². The minimum atomic E-state index is 0.0765. The third-order valence-corrected chi connectivity index (χ3v) is 6.33. The third kappa shape index (κ3) is 4.89. The van der Waals surface area contributed by atoms with Crippen LogP contribution in [0.5, 0.6) is 0 Å². The molecule has 0 bridgehead atoms. The molecule has 1 saturated heterocycles. The molecule has 1 aliphatic heterocycles. The van der Waals surface area contributed by atoms with Crippen molar-refractivity contribution in [1.29, 1.82) is 0 Å². The van der Waals surface area contributed by atoms with Gasteiger partial charge in [0.25, 0.3) is 0 Å². The van der Waals surface area contributed by atoms with Crippen molar-refractivity contribution < 1.29 is 4.79 Å². The Morgan fingerprint density at radius 3 is 2.86 bits per heavy atom. The van der Waals surface area contributed by atoms with Crippen LogP contribution in [-0.4, -0.2) is 49.7 Å². The second-order valence-corrected chi connectivity index (χ2v) is 8.42. The van der Waals surface area contributed by atoms with E-state index in [1.165, 1.54) is 5.69 Å². The van der Waals surface area contributed by atoms with Crippen LogP contribution >= 0.6 is 11.3 Å². The van der Waals surface area contributed by atoms with Gasteiger partial charge in [0.05, 0.1) is 28.2 Å². The van der Waals surface area contributed by atoms with Gasteiger partial charge in [-0.25, -0.2) is 4.98 Å². The predicted octanol–water partition coefficient (Wildman–Crippen LogP) is 2.57. The van der Waals surface area contributed by atoms with Gasteiger partial charge in [-0.2, -0.15) is 5.10 Å². The molecular weight excluding hydrogens is 384 g/mol. The Bertz CT molecular complexity index is 959. The van der Waals surface area contributed by atoms with Crippen LogP contribution in [0.4, 0.5) is 0 Å². The number of rotatable bonds is 6. The van der Waals surface area contributed by atoms with E-state index in [2.05, 4.69) is 31.3 Å². The summed E-state index contributed by atoms with van der Waals surface area (Å²) in [5.74, 6) is 0.0765. The molecule has 1 amide bonds. The number of hydrogen-bond acceptors (Lipinski definition) is 6. The van der Waals surface area contributed by atoms with Crippen molar-refractivity contribution in [2.75, 3.05) is 13.1 Å². The van der Waals surface area contributed by atoms with E-state index in [0.717, 1.165) is 54.3 Å². The van der Waals surface area contributed by atoms with E-state index >= 15 is 0 Å². The first kappa shape index (κ1) is 19.7. The molecule has 3 aromatic heterocycles. The van der Waals surface area contributed by atoms with Crippen LogP contribution < -0.4 is 5.32 Å². The Kier molecular flexibility index (Phi) is 6.01. The molecule has 7 nitrogen and oxygen atoms in total. The minimum Gasteiger partial charge on any atom is -0.353 e. The lowest BCUT2D eigenvalue weighted by atomic mass is 10.0. The van der Waals surface area contributed by atoms with Gasteiger partial charge in [0.15, 0.2) is 0 Å². The molecule has 0 aromatic carbocycles. The monoisotopic (exact) mass is 410 g/mol. The number of amides is 1. The fraction of sp³-hybridized carbons (Fsp3) is 0.429. The molecule has 0 atom stereocenters. The molecule has 0 radical (unpaired) electrons. The largest absolute Gasteiger partial charge is 0.353 e. The molecule has 1 fully saturated rings. The highest BCUT2D eigenvalue weighted by molar-refractivity contribution is 7.13. The maximum Gasteiger partial charge on any atom is 0.224 e. The fourth-order valence-electron chi connectivity index (χ4n) is 3.74. The first-order chi connectivity index (χ1) is 14.1. The van der Waals surface area contributed by atoms with Gasteiger partial charge in [0.1, 0.15) is 5.69 Å². The van der Waals surface area contributed by atoms with E-state index in [1.54, 1.807) is 23.7 Å². The molecule has 152 valence electrons. The number of carbonyl (C=O) groups excluding carboxylic acids is 1. The fourth-order valence-corrected chi connectivity index (χ4v) is 4.50. The number of carbonyl (C=O) groups is 1. The molecule has 1 N–H and O–H groups in total. The van der Waals surface area contributed by atoms with E-state index in [-0.39, 0.29) is 11.9 Å². The summed E-state index contributed by atoms with van der Waals surface area (Å²) < 4.78 is 1.97. The number of nitrogens with one attached hydrogen (secondary N) is 1. The first-order valence-corrected chi connectivity index (χ1v) is 10.8. The number of aryl methyl sites for hydroxylation is 2. The molecule has 4 heterocycles. The molecule has 8 heteroatoms. The number of nitrogens with zero attached hydrogens (tertiary/aromatic N) is 5. The van der Waals surface area contributed by atoms with E-state index in [0.29, 0.717) is 6.42 Å². The predicted molar refractivity (Wildman–Crippen MR) is 113 cm³/mol. The lowest BCUT2D eigenvalue weighted by molar-refractivity contribution is -0.121. The number of pyridine rings is 1. The number of aromatic nitrogens is 4. The van der Waals surface area contributed by atoms with Crippen LogP contribution in [0.3, 0.4) is 0 Å². The number of thiazole rings is 1. The Morgan fingerprint density at radius 2 is 2.17 bits per heavy atom. The van der Waals surface area contributed by atoms with Crippen LogP contribution in [0.1, 0.15) is 29.8 Å². The van der Waals surface area contributed by atoms with E-state index in [9.17, 15) is 4.79 Å². The van der Waals surface area contributed by atoms with Crippen molar-refractivity contribution in [3.63, 3.8) is 0 Å². The number of piperidine rings is 1. The van der Waals surface area contributed by atoms with Crippen molar-refractivity contribution >= 4 is 17.2 Å². The van der Waals surface area contributed by atoms with Gasteiger partial charge in [-0.1, -0.05) is 6.07 Å². The van der Waals surface area contributed by atoms with Crippen LogP contribution in [0.15, 0.2) is 36.1 Å². The smallest absolute Gasteiger partial charge is 0.224 e. The summed E-state index contributed by atoms with van der Waals surface area (Å²) in [6.07, 6.45) is 5.80. The summed E-state index contributed by atoms with van der Waals surface area (Å²) in [6.45, 7) is 4.83. The molecule has 0 aliphatic carbocycles. The van der Waals surface area contributed by atoms with Gasteiger partial charge in [-0.05, 0) is 37.5 Å². The highest BCUT2D eigenvalue weighted by Crippen LogP contribution is 2.27. The summed E-state index contributed by atoms with van der Waals surface area (Å²) >= 11 is 1.63. The average Bonchev–Trinajstić information content (AvgIpc) is 3.29.